The third-order valence-corrected chi connectivity index (χ3v) is 3.88. The Morgan fingerprint density at radius 2 is 1.67 bits per heavy atom. The molecular weight excluding hydrogens is 302 g/mol. The van der Waals surface area contributed by atoms with Crippen LogP contribution in [0.15, 0.2) is 54.6 Å². The van der Waals surface area contributed by atoms with Crippen molar-refractivity contribution < 1.29 is 14.3 Å². The zero-order valence-corrected chi connectivity index (χ0v) is 14.3. The smallest absolute Gasteiger partial charge is 0.314 e. The number of nitrogens with one attached hydrogen (secondary N) is 1. The number of rotatable bonds is 6. The fourth-order valence-electron chi connectivity index (χ4n) is 2.41. The van der Waals surface area contributed by atoms with E-state index in [0.29, 0.717) is 12.1 Å². The van der Waals surface area contributed by atoms with Crippen LogP contribution < -0.4 is 5.32 Å². The number of carbonyl (C=O) groups is 2. The monoisotopic (exact) mass is 325 g/mol. The molecule has 4 nitrogen and oxygen atoms in total. The predicted molar refractivity (Wildman–Crippen MR) is 94.8 cm³/mol. The van der Waals surface area contributed by atoms with E-state index in [-0.39, 0.29) is 17.8 Å². The van der Waals surface area contributed by atoms with Crippen molar-refractivity contribution in [1.82, 2.24) is 0 Å². The fraction of sp³-hybridized carbons (Fsp3) is 0.300. The summed E-state index contributed by atoms with van der Waals surface area (Å²) in [5.41, 5.74) is 2.70. The highest BCUT2D eigenvalue weighted by molar-refractivity contribution is 5.95. The number of ether oxygens (including phenoxy) is 1. The Bertz CT molecular complexity index is 680. The zero-order chi connectivity index (χ0) is 17.5. The molecule has 0 radical (unpaired) electrons. The average Bonchev–Trinajstić information content (AvgIpc) is 2.58. The van der Waals surface area contributed by atoms with Crippen molar-refractivity contribution in [2.75, 3.05) is 5.32 Å². The second-order valence-corrected chi connectivity index (χ2v) is 5.81. The lowest BCUT2D eigenvalue weighted by molar-refractivity contribution is -0.154. The van der Waals surface area contributed by atoms with Crippen molar-refractivity contribution in [3.63, 3.8) is 0 Å². The number of carbonyl (C=O) groups excluding carboxylic acids is 2. The molecule has 0 aliphatic rings. The van der Waals surface area contributed by atoms with E-state index in [2.05, 4.69) is 5.32 Å². The normalized spacial score (nSPS) is 13.0. The molecule has 0 saturated carbocycles. The van der Waals surface area contributed by atoms with Crippen molar-refractivity contribution in [2.45, 2.75) is 39.2 Å². The summed E-state index contributed by atoms with van der Waals surface area (Å²) >= 11 is 0. The lowest BCUT2D eigenvalue weighted by Crippen LogP contribution is -2.31. The molecule has 0 saturated heterocycles. The van der Waals surface area contributed by atoms with Crippen LogP contribution in [-0.4, -0.2) is 18.0 Å². The summed E-state index contributed by atoms with van der Waals surface area (Å²) < 4.78 is 5.36. The molecule has 2 aromatic rings. The highest BCUT2D eigenvalue weighted by atomic mass is 16.5. The standard InChI is InChI=1S/C20H23NO3/c1-4-18(16-8-6-5-7-9-16)20(23)24-15(3)19(22)21-17-12-10-14(2)11-13-17/h5-13,15,18H,4H2,1-3H3,(H,21,22)/t15-,18-/m0/s1. The first kappa shape index (κ1) is 17.7. The van der Waals surface area contributed by atoms with Gasteiger partial charge in [-0.15, -0.1) is 0 Å². The van der Waals surface area contributed by atoms with E-state index < -0.39 is 6.10 Å². The maximum Gasteiger partial charge on any atom is 0.314 e. The van der Waals surface area contributed by atoms with Crippen LogP contribution in [0.1, 0.15) is 37.3 Å². The molecule has 0 aliphatic heterocycles. The van der Waals surface area contributed by atoms with Gasteiger partial charge in [0.05, 0.1) is 5.92 Å². The molecule has 0 fully saturated rings. The van der Waals surface area contributed by atoms with Crippen molar-refractivity contribution in [1.29, 1.82) is 0 Å². The summed E-state index contributed by atoms with van der Waals surface area (Å²) in [5, 5.41) is 2.75. The van der Waals surface area contributed by atoms with Crippen LogP contribution in [0.4, 0.5) is 5.69 Å². The second-order valence-electron chi connectivity index (χ2n) is 5.81. The quantitative estimate of drug-likeness (QED) is 0.815. The minimum atomic E-state index is -0.850. The summed E-state index contributed by atoms with van der Waals surface area (Å²) in [6, 6.07) is 16.9. The molecule has 1 N–H and O–H groups in total. The Morgan fingerprint density at radius 1 is 1.04 bits per heavy atom. The van der Waals surface area contributed by atoms with Gasteiger partial charge in [0, 0.05) is 5.69 Å². The van der Waals surface area contributed by atoms with Gasteiger partial charge >= 0.3 is 5.97 Å². The number of esters is 1. The van der Waals surface area contributed by atoms with Gasteiger partial charge in [0.2, 0.25) is 0 Å². The molecule has 126 valence electrons. The van der Waals surface area contributed by atoms with Crippen LogP contribution in [0, 0.1) is 6.92 Å². The van der Waals surface area contributed by atoms with Crippen LogP contribution >= 0.6 is 0 Å². The first-order valence-electron chi connectivity index (χ1n) is 8.14. The van der Waals surface area contributed by atoms with E-state index >= 15 is 0 Å². The molecule has 0 heterocycles. The van der Waals surface area contributed by atoms with Gasteiger partial charge in [0.25, 0.3) is 5.91 Å². The van der Waals surface area contributed by atoms with E-state index in [4.69, 9.17) is 4.74 Å². The number of hydrogen-bond acceptors (Lipinski definition) is 3. The van der Waals surface area contributed by atoms with E-state index in [0.717, 1.165) is 11.1 Å². The summed E-state index contributed by atoms with van der Waals surface area (Å²) in [4.78, 5) is 24.6. The van der Waals surface area contributed by atoms with Crippen LogP contribution in [0.3, 0.4) is 0 Å². The van der Waals surface area contributed by atoms with Crippen molar-refractivity contribution in [2.24, 2.45) is 0 Å². The van der Waals surface area contributed by atoms with Gasteiger partial charge in [0.15, 0.2) is 6.10 Å². The number of aryl methyl sites for hydroxylation is 1. The topological polar surface area (TPSA) is 55.4 Å². The minimum absolute atomic E-state index is 0.338. The molecule has 0 bridgehead atoms. The minimum Gasteiger partial charge on any atom is -0.452 e. The Balaban J connectivity index is 1.97. The molecule has 0 unspecified atom stereocenters. The van der Waals surface area contributed by atoms with Crippen molar-refractivity contribution >= 4 is 17.6 Å². The molecule has 1 amide bonds. The first-order chi connectivity index (χ1) is 11.5. The molecule has 4 heteroatoms. The van der Waals surface area contributed by atoms with Crippen molar-refractivity contribution in [3.8, 4) is 0 Å². The van der Waals surface area contributed by atoms with Gasteiger partial charge in [-0.1, -0.05) is 55.0 Å². The Kier molecular flexibility index (Phi) is 6.13. The Hall–Kier alpha value is -2.62. The summed E-state index contributed by atoms with van der Waals surface area (Å²) in [7, 11) is 0. The summed E-state index contributed by atoms with van der Waals surface area (Å²) in [6.45, 7) is 5.49. The molecule has 0 spiro atoms. The van der Waals surface area contributed by atoms with E-state index in [1.165, 1.54) is 0 Å². The van der Waals surface area contributed by atoms with E-state index in [9.17, 15) is 9.59 Å². The lowest BCUT2D eigenvalue weighted by Gasteiger charge is -2.18. The van der Waals surface area contributed by atoms with Gasteiger partial charge in [-0.2, -0.15) is 0 Å². The van der Waals surface area contributed by atoms with E-state index in [1.54, 1.807) is 6.92 Å². The van der Waals surface area contributed by atoms with Crippen LogP contribution in [-0.2, 0) is 14.3 Å². The number of amides is 1. The Morgan fingerprint density at radius 3 is 2.25 bits per heavy atom. The highest BCUT2D eigenvalue weighted by Crippen LogP contribution is 2.21. The fourth-order valence-corrected chi connectivity index (χ4v) is 2.41. The van der Waals surface area contributed by atoms with E-state index in [1.807, 2.05) is 68.4 Å². The van der Waals surface area contributed by atoms with Gasteiger partial charge < -0.3 is 10.1 Å². The van der Waals surface area contributed by atoms with Crippen molar-refractivity contribution in [3.05, 3.63) is 65.7 Å². The Labute approximate surface area is 142 Å². The second kappa shape index (κ2) is 8.29. The van der Waals surface area contributed by atoms with Crippen LogP contribution in [0.5, 0.6) is 0 Å². The summed E-state index contributed by atoms with van der Waals surface area (Å²) in [5.74, 6) is -1.08. The molecule has 0 aliphatic carbocycles. The maximum absolute atomic E-state index is 12.4. The van der Waals surface area contributed by atoms with Crippen LogP contribution in [0.2, 0.25) is 0 Å². The molecule has 0 aromatic heterocycles. The van der Waals surface area contributed by atoms with Gasteiger partial charge in [-0.25, -0.2) is 0 Å². The number of benzene rings is 2. The maximum atomic E-state index is 12.4. The molecule has 2 aromatic carbocycles. The number of anilines is 1. The first-order valence-corrected chi connectivity index (χ1v) is 8.14. The average molecular weight is 325 g/mol. The molecular formula is C20H23NO3. The predicted octanol–water partition coefficient (Wildman–Crippen LogP) is 4.06. The third kappa shape index (κ3) is 4.69. The van der Waals surface area contributed by atoms with Gasteiger partial charge in [-0.3, -0.25) is 9.59 Å². The zero-order valence-electron chi connectivity index (χ0n) is 14.3. The molecule has 2 rings (SSSR count). The number of hydrogen-bond donors (Lipinski definition) is 1. The summed E-state index contributed by atoms with van der Waals surface area (Å²) in [6.07, 6.45) is -0.230. The lowest BCUT2D eigenvalue weighted by atomic mass is 9.97. The molecule has 24 heavy (non-hydrogen) atoms. The highest BCUT2D eigenvalue weighted by Gasteiger charge is 2.25. The molecule has 2 atom stereocenters. The van der Waals surface area contributed by atoms with Gasteiger partial charge in [-0.05, 0) is 38.0 Å². The largest absolute Gasteiger partial charge is 0.452 e. The van der Waals surface area contributed by atoms with Gasteiger partial charge in [0.1, 0.15) is 0 Å². The SMILES string of the molecule is CC[C@H](C(=O)O[C@@H](C)C(=O)Nc1ccc(C)cc1)c1ccccc1. The third-order valence-electron chi connectivity index (χ3n) is 3.88. The van der Waals surface area contributed by atoms with Crippen LogP contribution in [0.25, 0.3) is 0 Å².